The second-order valence-electron chi connectivity index (χ2n) is 3.50. The largest absolute Gasteiger partial charge is 0.369 e. The third kappa shape index (κ3) is 1.98. The molecule has 0 radical (unpaired) electrons. The summed E-state index contributed by atoms with van der Waals surface area (Å²) in [5.74, 6) is 0. The highest BCUT2D eigenvalue weighted by molar-refractivity contribution is 5.44. The second kappa shape index (κ2) is 3.75. The summed E-state index contributed by atoms with van der Waals surface area (Å²) < 4.78 is 0. The van der Waals surface area contributed by atoms with Gasteiger partial charge in [-0.3, -0.25) is 4.98 Å². The van der Waals surface area contributed by atoms with Crippen LogP contribution in [0.4, 0.5) is 5.69 Å². The minimum atomic E-state index is 1.13. The Labute approximate surface area is 79.0 Å². The minimum absolute atomic E-state index is 1.13. The number of rotatable bonds is 1. The number of hydrogen-bond donors (Lipinski definition) is 0. The molecular formula is C10H15N3. The van der Waals surface area contributed by atoms with Gasteiger partial charge in [-0.05, 0) is 19.2 Å². The zero-order valence-corrected chi connectivity index (χ0v) is 7.98. The van der Waals surface area contributed by atoms with Crippen LogP contribution in [0.25, 0.3) is 0 Å². The van der Waals surface area contributed by atoms with E-state index in [0.29, 0.717) is 0 Å². The van der Waals surface area contributed by atoms with Crippen molar-refractivity contribution >= 4 is 5.69 Å². The van der Waals surface area contributed by atoms with Crippen LogP contribution in [0.1, 0.15) is 0 Å². The number of hydrogen-bond acceptors (Lipinski definition) is 3. The van der Waals surface area contributed by atoms with Gasteiger partial charge in [0.25, 0.3) is 0 Å². The maximum absolute atomic E-state index is 4.02. The Kier molecular flexibility index (Phi) is 2.45. The lowest BCUT2D eigenvalue weighted by Gasteiger charge is -2.33. The summed E-state index contributed by atoms with van der Waals surface area (Å²) in [6.45, 7) is 4.56. The van der Waals surface area contributed by atoms with Crippen molar-refractivity contribution in [3.63, 3.8) is 0 Å². The Bertz CT molecular complexity index is 252. The zero-order valence-electron chi connectivity index (χ0n) is 7.98. The molecule has 0 aromatic carbocycles. The summed E-state index contributed by atoms with van der Waals surface area (Å²) in [4.78, 5) is 8.78. The van der Waals surface area contributed by atoms with Crippen LogP contribution in [-0.4, -0.2) is 43.1 Å². The molecule has 0 aliphatic carbocycles. The molecular weight excluding hydrogens is 162 g/mol. The van der Waals surface area contributed by atoms with Crippen molar-refractivity contribution in [2.45, 2.75) is 0 Å². The monoisotopic (exact) mass is 177 g/mol. The molecule has 3 heteroatoms. The van der Waals surface area contributed by atoms with Crippen LogP contribution >= 0.6 is 0 Å². The lowest BCUT2D eigenvalue weighted by Crippen LogP contribution is -2.44. The molecule has 0 saturated carbocycles. The van der Waals surface area contributed by atoms with E-state index in [1.807, 2.05) is 12.4 Å². The molecule has 0 N–H and O–H groups in total. The second-order valence-corrected chi connectivity index (χ2v) is 3.50. The molecule has 0 unspecified atom stereocenters. The summed E-state index contributed by atoms with van der Waals surface area (Å²) in [7, 11) is 2.17. The maximum Gasteiger partial charge on any atom is 0.0397 e. The van der Waals surface area contributed by atoms with Crippen molar-refractivity contribution < 1.29 is 0 Å². The van der Waals surface area contributed by atoms with E-state index in [0.717, 1.165) is 26.2 Å². The van der Waals surface area contributed by atoms with Crippen molar-refractivity contribution in [2.75, 3.05) is 38.1 Å². The number of anilines is 1. The average Bonchev–Trinajstić information content (AvgIpc) is 2.20. The number of aromatic nitrogens is 1. The molecule has 0 spiro atoms. The molecule has 1 aliphatic rings. The first-order chi connectivity index (χ1) is 6.36. The van der Waals surface area contributed by atoms with Gasteiger partial charge in [0.2, 0.25) is 0 Å². The van der Waals surface area contributed by atoms with E-state index in [4.69, 9.17) is 0 Å². The highest BCUT2D eigenvalue weighted by Crippen LogP contribution is 2.13. The fraction of sp³-hybridized carbons (Fsp3) is 0.500. The van der Waals surface area contributed by atoms with Gasteiger partial charge in [-0.25, -0.2) is 0 Å². The Balaban J connectivity index is 2.03. The molecule has 1 aromatic rings. The van der Waals surface area contributed by atoms with Gasteiger partial charge in [0.1, 0.15) is 0 Å². The summed E-state index contributed by atoms with van der Waals surface area (Å²) in [6, 6.07) is 4.15. The molecule has 13 heavy (non-hydrogen) atoms. The minimum Gasteiger partial charge on any atom is -0.369 e. The van der Waals surface area contributed by atoms with E-state index in [9.17, 15) is 0 Å². The maximum atomic E-state index is 4.02. The highest BCUT2D eigenvalue weighted by Gasteiger charge is 2.13. The van der Waals surface area contributed by atoms with Gasteiger partial charge in [0, 0.05) is 44.3 Å². The predicted octanol–water partition coefficient (Wildman–Crippen LogP) is 0.833. The molecule has 0 atom stereocenters. The molecule has 3 nitrogen and oxygen atoms in total. The number of pyridine rings is 1. The van der Waals surface area contributed by atoms with E-state index in [1.54, 1.807) is 0 Å². The molecule has 1 aromatic heterocycles. The smallest absolute Gasteiger partial charge is 0.0397 e. The fourth-order valence-electron chi connectivity index (χ4n) is 1.62. The van der Waals surface area contributed by atoms with Gasteiger partial charge in [-0.2, -0.15) is 0 Å². The third-order valence-corrected chi connectivity index (χ3v) is 2.53. The van der Waals surface area contributed by atoms with Crippen LogP contribution in [0.2, 0.25) is 0 Å². The van der Waals surface area contributed by atoms with Crippen LogP contribution in [-0.2, 0) is 0 Å². The number of nitrogens with zero attached hydrogens (tertiary/aromatic N) is 3. The SMILES string of the molecule is CN1CCN(c2ccncc2)CC1. The average molecular weight is 177 g/mol. The van der Waals surface area contributed by atoms with Crippen LogP contribution < -0.4 is 4.90 Å². The summed E-state index contributed by atoms with van der Waals surface area (Å²) in [5, 5.41) is 0. The van der Waals surface area contributed by atoms with Crippen LogP contribution in [0.15, 0.2) is 24.5 Å². The highest BCUT2D eigenvalue weighted by atomic mass is 15.2. The lowest BCUT2D eigenvalue weighted by atomic mass is 10.3. The Morgan fingerprint density at radius 2 is 1.69 bits per heavy atom. The zero-order chi connectivity index (χ0) is 9.10. The molecule has 1 aliphatic heterocycles. The first-order valence-corrected chi connectivity index (χ1v) is 4.70. The topological polar surface area (TPSA) is 19.4 Å². The Morgan fingerprint density at radius 3 is 2.31 bits per heavy atom. The standard InChI is InChI=1S/C10H15N3/c1-12-6-8-13(9-7-12)10-2-4-11-5-3-10/h2-5H,6-9H2,1H3. The lowest BCUT2D eigenvalue weighted by molar-refractivity contribution is 0.313. The molecule has 1 saturated heterocycles. The van der Waals surface area contributed by atoms with E-state index in [2.05, 4.69) is 34.0 Å². The van der Waals surface area contributed by atoms with E-state index in [-0.39, 0.29) is 0 Å². The number of piperazine rings is 1. The summed E-state index contributed by atoms with van der Waals surface area (Å²) in [5.41, 5.74) is 1.29. The van der Waals surface area contributed by atoms with Crippen molar-refractivity contribution in [3.05, 3.63) is 24.5 Å². The van der Waals surface area contributed by atoms with E-state index >= 15 is 0 Å². The molecule has 0 amide bonds. The van der Waals surface area contributed by atoms with Crippen molar-refractivity contribution in [2.24, 2.45) is 0 Å². The van der Waals surface area contributed by atoms with Gasteiger partial charge in [0.05, 0.1) is 0 Å². The van der Waals surface area contributed by atoms with Crippen molar-refractivity contribution in [3.8, 4) is 0 Å². The normalized spacial score (nSPS) is 19.0. The van der Waals surface area contributed by atoms with Crippen molar-refractivity contribution in [1.29, 1.82) is 0 Å². The summed E-state index contributed by atoms with van der Waals surface area (Å²) in [6.07, 6.45) is 3.71. The third-order valence-electron chi connectivity index (χ3n) is 2.53. The van der Waals surface area contributed by atoms with Crippen molar-refractivity contribution in [1.82, 2.24) is 9.88 Å². The van der Waals surface area contributed by atoms with Crippen LogP contribution in [0, 0.1) is 0 Å². The first-order valence-electron chi connectivity index (χ1n) is 4.70. The fourth-order valence-corrected chi connectivity index (χ4v) is 1.62. The molecule has 70 valence electrons. The van der Waals surface area contributed by atoms with E-state index in [1.165, 1.54) is 5.69 Å². The van der Waals surface area contributed by atoms with Gasteiger partial charge in [0.15, 0.2) is 0 Å². The van der Waals surface area contributed by atoms with Crippen LogP contribution in [0.3, 0.4) is 0 Å². The quantitative estimate of drug-likeness (QED) is 0.633. The molecule has 2 rings (SSSR count). The predicted molar refractivity (Wildman–Crippen MR) is 53.9 cm³/mol. The summed E-state index contributed by atoms with van der Waals surface area (Å²) >= 11 is 0. The van der Waals surface area contributed by atoms with Crippen LogP contribution in [0.5, 0.6) is 0 Å². The van der Waals surface area contributed by atoms with Gasteiger partial charge >= 0.3 is 0 Å². The van der Waals surface area contributed by atoms with E-state index < -0.39 is 0 Å². The molecule has 0 bridgehead atoms. The Morgan fingerprint density at radius 1 is 1.08 bits per heavy atom. The van der Waals surface area contributed by atoms with Gasteiger partial charge in [-0.1, -0.05) is 0 Å². The Hall–Kier alpha value is -1.09. The number of likely N-dealkylation sites (N-methyl/N-ethyl adjacent to an activating group) is 1. The molecule has 1 fully saturated rings. The molecule has 2 heterocycles. The van der Waals surface area contributed by atoms with Gasteiger partial charge in [-0.15, -0.1) is 0 Å². The van der Waals surface area contributed by atoms with Gasteiger partial charge < -0.3 is 9.80 Å². The first kappa shape index (κ1) is 8.51.